The summed E-state index contributed by atoms with van der Waals surface area (Å²) >= 11 is 6.77. The van der Waals surface area contributed by atoms with Crippen LogP contribution in [0.5, 0.6) is 6.01 Å². The van der Waals surface area contributed by atoms with E-state index in [4.69, 9.17) is 35.5 Å². The highest BCUT2D eigenvalue weighted by Gasteiger charge is 2.49. The zero-order chi connectivity index (χ0) is 32.3. The third kappa shape index (κ3) is 5.39. The van der Waals surface area contributed by atoms with Gasteiger partial charge in [-0.2, -0.15) is 15.1 Å². The van der Waals surface area contributed by atoms with Gasteiger partial charge in [0.15, 0.2) is 11.4 Å². The summed E-state index contributed by atoms with van der Waals surface area (Å²) in [6.07, 6.45) is 4.25. The van der Waals surface area contributed by atoms with Crippen LogP contribution in [0.15, 0.2) is 18.5 Å². The Hall–Kier alpha value is -3.88. The number of ether oxygens (including phenoxy) is 4. The normalized spacial score (nSPS) is 26.8. The molecule has 0 spiro atoms. The van der Waals surface area contributed by atoms with E-state index in [1.165, 1.54) is 0 Å². The lowest BCUT2D eigenvalue weighted by Gasteiger charge is -2.33. The number of anilines is 1. The van der Waals surface area contributed by atoms with Crippen LogP contribution in [0.4, 0.5) is 19.4 Å². The molecule has 3 atom stereocenters. The number of rotatable bonds is 3. The van der Waals surface area contributed by atoms with Crippen molar-refractivity contribution in [2.24, 2.45) is 0 Å². The van der Waals surface area contributed by atoms with E-state index < -0.39 is 29.3 Å². The van der Waals surface area contributed by atoms with Crippen LogP contribution in [-0.2, 0) is 20.6 Å². The summed E-state index contributed by atoms with van der Waals surface area (Å²) in [4.78, 5) is 30.9. The van der Waals surface area contributed by atoms with E-state index in [9.17, 15) is 9.18 Å². The van der Waals surface area contributed by atoms with Crippen LogP contribution in [-0.4, -0.2) is 106 Å². The maximum absolute atomic E-state index is 17.0. The molecule has 3 fully saturated rings. The summed E-state index contributed by atoms with van der Waals surface area (Å²) in [5.41, 5.74) is 0.192. The maximum atomic E-state index is 17.0. The topological polar surface area (TPSA) is 128 Å². The summed E-state index contributed by atoms with van der Waals surface area (Å²) in [6, 6.07) is 1.69. The Kier molecular flexibility index (Phi) is 7.56. The van der Waals surface area contributed by atoms with Crippen molar-refractivity contribution >= 4 is 45.4 Å². The van der Waals surface area contributed by atoms with Gasteiger partial charge in [-0.1, -0.05) is 11.6 Å². The van der Waals surface area contributed by atoms with Gasteiger partial charge in [-0.3, -0.25) is 15.0 Å². The largest absolute Gasteiger partial charge is 0.508 e. The van der Waals surface area contributed by atoms with Gasteiger partial charge in [0.05, 0.1) is 49.0 Å². The van der Waals surface area contributed by atoms with E-state index in [0.717, 1.165) is 19.4 Å². The average Bonchev–Trinajstić information content (AvgIpc) is 3.69. The number of alkyl halides is 1. The first-order chi connectivity index (χ1) is 22.7. The molecule has 5 aliphatic heterocycles. The number of aromatic nitrogens is 5. The Bertz CT molecular complexity index is 1880. The minimum atomic E-state index is -1.11. The van der Waals surface area contributed by atoms with Gasteiger partial charge in [0.1, 0.15) is 29.8 Å². The van der Waals surface area contributed by atoms with Crippen LogP contribution in [0, 0.1) is 5.82 Å². The third-order valence-electron chi connectivity index (χ3n) is 9.77. The molecule has 0 unspecified atom stereocenters. The molecule has 12 nitrogen and oxygen atoms in total. The molecule has 4 aromatic rings. The van der Waals surface area contributed by atoms with E-state index >= 15 is 4.39 Å². The van der Waals surface area contributed by atoms with Crippen LogP contribution in [0.1, 0.15) is 38.2 Å². The molecule has 1 aromatic carbocycles. The second kappa shape index (κ2) is 11.7. The molecule has 5 aliphatic rings. The fourth-order valence-corrected chi connectivity index (χ4v) is 7.93. The molecule has 0 aliphatic carbocycles. The van der Waals surface area contributed by atoms with Crippen LogP contribution < -0.4 is 9.64 Å². The fourth-order valence-electron chi connectivity index (χ4n) is 7.63. The smallest absolute Gasteiger partial charge is 0.461 e. The summed E-state index contributed by atoms with van der Waals surface area (Å²) in [5.74, 6) is -0.324. The highest BCUT2D eigenvalue weighted by molar-refractivity contribution is 6.33. The molecule has 3 saturated heterocycles. The number of nitrogens with zero attached hydrogens (tertiary/aromatic N) is 6. The summed E-state index contributed by atoms with van der Waals surface area (Å²) < 4.78 is 54.9. The van der Waals surface area contributed by atoms with Crippen LogP contribution in [0.2, 0.25) is 5.02 Å². The Balaban J connectivity index is 1.31. The number of H-pyrrole nitrogens is 1. The zero-order valence-electron chi connectivity index (χ0n) is 25.9. The van der Waals surface area contributed by atoms with Crippen molar-refractivity contribution in [3.63, 3.8) is 0 Å². The van der Waals surface area contributed by atoms with E-state index in [2.05, 4.69) is 25.1 Å². The van der Waals surface area contributed by atoms with Crippen LogP contribution in [0.25, 0.3) is 33.1 Å². The molecule has 3 aromatic heterocycles. The van der Waals surface area contributed by atoms with Crippen molar-refractivity contribution in [3.05, 3.63) is 34.9 Å². The van der Waals surface area contributed by atoms with Gasteiger partial charge < -0.3 is 23.8 Å². The monoisotopic (exact) mass is 669 g/mol. The van der Waals surface area contributed by atoms with E-state index in [1.807, 2.05) is 4.90 Å². The molecular formula is C32H34ClF2N7O5. The Morgan fingerprint density at radius 2 is 2.09 bits per heavy atom. The second-order valence-corrected chi connectivity index (χ2v) is 13.6. The minimum Gasteiger partial charge on any atom is -0.461 e. The average molecular weight is 670 g/mol. The van der Waals surface area contributed by atoms with Crippen molar-refractivity contribution < 1.29 is 32.5 Å². The molecule has 0 radical (unpaired) electrons. The molecule has 47 heavy (non-hydrogen) atoms. The number of halogens is 3. The number of carbonyl (C=O) groups is 1. The Labute approximate surface area is 273 Å². The molecule has 0 amide bonds. The van der Waals surface area contributed by atoms with Crippen LogP contribution in [0.3, 0.4) is 0 Å². The Morgan fingerprint density at radius 3 is 2.98 bits per heavy atom. The van der Waals surface area contributed by atoms with Crippen molar-refractivity contribution in [2.75, 3.05) is 57.5 Å². The SMILES string of the molecule is C[C@@]12COCCN(C1)c1nc(OC[C@]34CCCN3C[C@H](F)C4)nc3c(F)c(ncc13)-c1c(c(Cl)cc3[nH]ncc13)CCCOC(=O)O2. The van der Waals surface area contributed by atoms with Gasteiger partial charge in [-0.15, -0.1) is 0 Å². The molecule has 1 N–H and O–H groups in total. The summed E-state index contributed by atoms with van der Waals surface area (Å²) in [6.45, 7) is 4.09. The van der Waals surface area contributed by atoms with Crippen LogP contribution >= 0.6 is 11.6 Å². The minimum absolute atomic E-state index is 0.00688. The number of hydrogen-bond acceptors (Lipinski definition) is 11. The molecule has 0 saturated carbocycles. The Morgan fingerprint density at radius 1 is 1.19 bits per heavy atom. The van der Waals surface area contributed by atoms with E-state index in [1.54, 1.807) is 25.4 Å². The number of fused-ring (bicyclic) bond motifs is 8. The van der Waals surface area contributed by atoms with Gasteiger partial charge in [0, 0.05) is 41.7 Å². The predicted octanol–water partition coefficient (Wildman–Crippen LogP) is 5.01. The highest BCUT2D eigenvalue weighted by Crippen LogP contribution is 2.42. The standard InChI is InChI=1S/C32H34ClF2N7O5/c1-31-15-41(7-9-44-16-31)28-21-12-36-27(24-19(4-2-8-45-30(43)47-31)22(33)10-23-20(24)13-37-40-23)25(35)26(21)38-29(39-28)46-17-32-5-3-6-42(32)14-18(34)11-32/h10,12-13,18H,2-9,11,14-17H2,1H3,(H,37,40)/t18-,31+,32-/m1/s1. The molecule has 248 valence electrons. The number of carbonyl (C=O) groups excluding carboxylic acids is 1. The molecule has 8 heterocycles. The highest BCUT2D eigenvalue weighted by atomic mass is 35.5. The molecule has 6 bridgehead atoms. The van der Waals surface area contributed by atoms with Gasteiger partial charge in [0.25, 0.3) is 0 Å². The van der Waals surface area contributed by atoms with Gasteiger partial charge in [-0.05, 0) is 50.8 Å². The number of aromatic amines is 1. The summed E-state index contributed by atoms with van der Waals surface area (Å²) in [7, 11) is 0. The molecular weight excluding hydrogens is 636 g/mol. The maximum Gasteiger partial charge on any atom is 0.508 e. The lowest BCUT2D eigenvalue weighted by molar-refractivity contribution is -0.0575. The molecule has 9 rings (SSSR count). The quantitative estimate of drug-likeness (QED) is 0.296. The molecule has 15 heteroatoms. The number of nitrogens with one attached hydrogen (secondary N) is 1. The first kappa shape index (κ1) is 30.5. The van der Waals surface area contributed by atoms with Crippen molar-refractivity contribution in [1.82, 2.24) is 30.0 Å². The zero-order valence-corrected chi connectivity index (χ0v) is 26.6. The lowest BCUT2D eigenvalue weighted by Crippen LogP contribution is -2.46. The number of benzene rings is 1. The van der Waals surface area contributed by atoms with Crippen molar-refractivity contribution in [1.29, 1.82) is 0 Å². The van der Waals surface area contributed by atoms with Gasteiger partial charge in [-0.25, -0.2) is 13.6 Å². The first-order valence-corrected chi connectivity index (χ1v) is 16.3. The number of pyridine rings is 1. The van der Waals surface area contributed by atoms with Crippen molar-refractivity contribution in [3.8, 4) is 17.3 Å². The van der Waals surface area contributed by atoms with Crippen molar-refractivity contribution in [2.45, 2.75) is 56.3 Å². The van der Waals surface area contributed by atoms with Gasteiger partial charge >= 0.3 is 12.2 Å². The van der Waals surface area contributed by atoms with E-state index in [0.29, 0.717) is 77.2 Å². The second-order valence-electron chi connectivity index (χ2n) is 13.1. The fraction of sp³-hybridized carbons (Fsp3) is 0.531. The predicted molar refractivity (Wildman–Crippen MR) is 168 cm³/mol. The summed E-state index contributed by atoms with van der Waals surface area (Å²) in [5, 5.41) is 8.44. The number of hydrogen-bond donors (Lipinski definition) is 1. The third-order valence-corrected chi connectivity index (χ3v) is 10.1. The lowest BCUT2D eigenvalue weighted by atomic mass is 9.95. The van der Waals surface area contributed by atoms with Gasteiger partial charge in [0.2, 0.25) is 0 Å². The first-order valence-electron chi connectivity index (χ1n) is 15.9. The van der Waals surface area contributed by atoms with E-state index in [-0.39, 0.29) is 43.6 Å².